The molecule has 0 saturated carbocycles. The van der Waals surface area contributed by atoms with E-state index in [9.17, 15) is 4.79 Å². The third-order valence-corrected chi connectivity index (χ3v) is 2.56. The van der Waals surface area contributed by atoms with Gasteiger partial charge in [-0.25, -0.2) is 4.79 Å². The number of nitrogens with one attached hydrogen (secondary N) is 2. The van der Waals surface area contributed by atoms with Crippen molar-refractivity contribution < 1.29 is 9.53 Å². The first-order valence-corrected chi connectivity index (χ1v) is 6.62. The molecule has 0 aliphatic heterocycles. The number of carbonyl (C=O) groups excluding carboxylic acids is 1. The summed E-state index contributed by atoms with van der Waals surface area (Å²) in [6, 6.07) is 5.77. The standard InChI is InChI=1S/C14H21ClN2O2/c1-10-5-6-11(15)12(9-10)16-7-8-17-13(18)19-14(2,3)4/h5-6,9,16H,7-8H2,1-4H3,(H,17,18). The fourth-order valence-corrected chi connectivity index (χ4v) is 1.63. The van der Waals surface area contributed by atoms with Gasteiger partial charge in [0.2, 0.25) is 0 Å². The summed E-state index contributed by atoms with van der Waals surface area (Å²) >= 11 is 6.05. The van der Waals surface area contributed by atoms with E-state index in [1.54, 1.807) is 0 Å². The Kier molecular flexibility index (Phi) is 5.48. The maximum absolute atomic E-state index is 11.4. The summed E-state index contributed by atoms with van der Waals surface area (Å²) in [5.74, 6) is 0. The number of carbonyl (C=O) groups is 1. The summed E-state index contributed by atoms with van der Waals surface area (Å²) < 4.78 is 5.13. The molecule has 0 heterocycles. The zero-order valence-electron chi connectivity index (χ0n) is 11.8. The number of halogens is 1. The Labute approximate surface area is 119 Å². The first-order valence-electron chi connectivity index (χ1n) is 6.25. The van der Waals surface area contributed by atoms with Crippen molar-refractivity contribution in [2.45, 2.75) is 33.3 Å². The van der Waals surface area contributed by atoms with Gasteiger partial charge < -0.3 is 15.4 Å². The minimum absolute atomic E-state index is 0.412. The van der Waals surface area contributed by atoms with Crippen molar-refractivity contribution in [2.24, 2.45) is 0 Å². The Morgan fingerprint density at radius 2 is 2.00 bits per heavy atom. The summed E-state index contributed by atoms with van der Waals surface area (Å²) in [6.07, 6.45) is -0.412. The zero-order chi connectivity index (χ0) is 14.5. The van der Waals surface area contributed by atoms with Crippen LogP contribution < -0.4 is 10.6 Å². The van der Waals surface area contributed by atoms with Gasteiger partial charge in [0.05, 0.1) is 10.7 Å². The van der Waals surface area contributed by atoms with E-state index in [4.69, 9.17) is 16.3 Å². The van der Waals surface area contributed by atoms with Gasteiger partial charge in [0.1, 0.15) is 5.60 Å². The van der Waals surface area contributed by atoms with Gasteiger partial charge in [0, 0.05) is 13.1 Å². The number of rotatable bonds is 4. The maximum Gasteiger partial charge on any atom is 0.407 e. The summed E-state index contributed by atoms with van der Waals surface area (Å²) in [7, 11) is 0. The quantitative estimate of drug-likeness (QED) is 0.831. The molecule has 106 valence electrons. The molecule has 1 amide bonds. The molecule has 0 bridgehead atoms. The van der Waals surface area contributed by atoms with E-state index < -0.39 is 11.7 Å². The summed E-state index contributed by atoms with van der Waals surface area (Å²) in [4.78, 5) is 11.4. The average molecular weight is 285 g/mol. The lowest BCUT2D eigenvalue weighted by Gasteiger charge is -2.19. The number of aryl methyl sites for hydroxylation is 1. The lowest BCUT2D eigenvalue weighted by Crippen LogP contribution is -2.35. The highest BCUT2D eigenvalue weighted by Crippen LogP contribution is 2.22. The van der Waals surface area contributed by atoms with Gasteiger partial charge in [-0.3, -0.25) is 0 Å². The number of anilines is 1. The fourth-order valence-electron chi connectivity index (χ4n) is 1.45. The summed E-state index contributed by atoms with van der Waals surface area (Å²) in [5, 5.41) is 6.52. The number of alkyl carbamates (subject to hydrolysis) is 1. The highest BCUT2D eigenvalue weighted by atomic mass is 35.5. The number of benzene rings is 1. The molecule has 0 spiro atoms. The molecule has 0 saturated heterocycles. The Balaban J connectivity index is 2.31. The van der Waals surface area contributed by atoms with Gasteiger partial charge >= 0.3 is 6.09 Å². The van der Waals surface area contributed by atoms with Crippen molar-refractivity contribution in [3.63, 3.8) is 0 Å². The van der Waals surface area contributed by atoms with Gasteiger partial charge in [0.25, 0.3) is 0 Å². The van der Waals surface area contributed by atoms with E-state index in [-0.39, 0.29) is 0 Å². The van der Waals surface area contributed by atoms with Gasteiger partial charge in [0.15, 0.2) is 0 Å². The van der Waals surface area contributed by atoms with E-state index in [1.807, 2.05) is 45.9 Å². The number of ether oxygens (including phenoxy) is 1. The fraction of sp³-hybridized carbons (Fsp3) is 0.500. The van der Waals surface area contributed by atoms with Crippen LogP contribution in [0.1, 0.15) is 26.3 Å². The Bertz CT molecular complexity index is 442. The molecule has 1 rings (SSSR count). The van der Waals surface area contributed by atoms with Crippen molar-refractivity contribution >= 4 is 23.4 Å². The highest BCUT2D eigenvalue weighted by molar-refractivity contribution is 6.33. The monoisotopic (exact) mass is 284 g/mol. The molecule has 0 unspecified atom stereocenters. The van der Waals surface area contributed by atoms with Crippen LogP contribution >= 0.6 is 11.6 Å². The minimum atomic E-state index is -0.475. The van der Waals surface area contributed by atoms with Crippen LogP contribution in [0.4, 0.5) is 10.5 Å². The topological polar surface area (TPSA) is 50.4 Å². The van der Waals surface area contributed by atoms with Gasteiger partial charge in [-0.2, -0.15) is 0 Å². The lowest BCUT2D eigenvalue weighted by molar-refractivity contribution is 0.0530. The van der Waals surface area contributed by atoms with Crippen LogP contribution in [0.5, 0.6) is 0 Å². The normalized spacial score (nSPS) is 11.0. The number of amides is 1. The van der Waals surface area contributed by atoms with Crippen molar-refractivity contribution in [3.8, 4) is 0 Å². The number of hydrogen-bond acceptors (Lipinski definition) is 3. The molecule has 1 aromatic rings. The molecule has 0 aromatic heterocycles. The Hall–Kier alpha value is -1.42. The Morgan fingerprint density at radius 3 is 2.63 bits per heavy atom. The van der Waals surface area contributed by atoms with E-state index in [1.165, 1.54) is 0 Å². The van der Waals surface area contributed by atoms with Crippen LogP contribution in [-0.2, 0) is 4.74 Å². The predicted molar refractivity (Wildman–Crippen MR) is 78.9 cm³/mol. The van der Waals surface area contributed by atoms with Crippen LogP contribution in [0.2, 0.25) is 5.02 Å². The molecule has 4 nitrogen and oxygen atoms in total. The second kappa shape index (κ2) is 6.66. The van der Waals surface area contributed by atoms with E-state index >= 15 is 0 Å². The highest BCUT2D eigenvalue weighted by Gasteiger charge is 2.15. The average Bonchev–Trinajstić information content (AvgIpc) is 2.26. The second-order valence-electron chi connectivity index (χ2n) is 5.34. The lowest BCUT2D eigenvalue weighted by atomic mass is 10.2. The molecule has 19 heavy (non-hydrogen) atoms. The van der Waals surface area contributed by atoms with Crippen LogP contribution in [-0.4, -0.2) is 24.8 Å². The molecule has 0 aliphatic rings. The van der Waals surface area contributed by atoms with Crippen molar-refractivity contribution in [1.29, 1.82) is 0 Å². The van der Waals surface area contributed by atoms with Crippen LogP contribution in [0.3, 0.4) is 0 Å². The van der Waals surface area contributed by atoms with Crippen molar-refractivity contribution in [1.82, 2.24) is 5.32 Å². The first-order chi connectivity index (χ1) is 8.78. The van der Waals surface area contributed by atoms with E-state index in [2.05, 4.69) is 10.6 Å². The molecule has 0 fully saturated rings. The Morgan fingerprint density at radius 1 is 1.32 bits per heavy atom. The molecule has 2 N–H and O–H groups in total. The minimum Gasteiger partial charge on any atom is -0.444 e. The predicted octanol–water partition coefficient (Wildman–Crippen LogP) is 3.59. The summed E-state index contributed by atoms with van der Waals surface area (Å²) in [5.41, 5.74) is 1.52. The maximum atomic E-state index is 11.4. The van der Waals surface area contributed by atoms with Gasteiger partial charge in [-0.1, -0.05) is 17.7 Å². The molecular formula is C14H21ClN2O2. The smallest absolute Gasteiger partial charge is 0.407 e. The van der Waals surface area contributed by atoms with Gasteiger partial charge in [-0.05, 0) is 45.4 Å². The molecule has 0 aliphatic carbocycles. The van der Waals surface area contributed by atoms with Crippen molar-refractivity contribution in [3.05, 3.63) is 28.8 Å². The van der Waals surface area contributed by atoms with Crippen LogP contribution in [0.25, 0.3) is 0 Å². The SMILES string of the molecule is Cc1ccc(Cl)c(NCCNC(=O)OC(C)(C)C)c1. The third kappa shape index (κ3) is 6.34. The molecule has 1 aromatic carbocycles. The van der Waals surface area contributed by atoms with E-state index in [0.29, 0.717) is 18.1 Å². The molecule has 0 atom stereocenters. The largest absolute Gasteiger partial charge is 0.444 e. The summed E-state index contributed by atoms with van der Waals surface area (Å²) in [6.45, 7) is 8.55. The third-order valence-electron chi connectivity index (χ3n) is 2.23. The van der Waals surface area contributed by atoms with E-state index in [0.717, 1.165) is 11.3 Å². The molecule has 0 radical (unpaired) electrons. The second-order valence-corrected chi connectivity index (χ2v) is 5.75. The molecule has 5 heteroatoms. The molecular weight excluding hydrogens is 264 g/mol. The van der Waals surface area contributed by atoms with Crippen LogP contribution in [0, 0.1) is 6.92 Å². The number of hydrogen-bond donors (Lipinski definition) is 2. The first kappa shape index (κ1) is 15.6. The van der Waals surface area contributed by atoms with Crippen molar-refractivity contribution in [2.75, 3.05) is 18.4 Å². The zero-order valence-corrected chi connectivity index (χ0v) is 12.6. The van der Waals surface area contributed by atoms with Crippen LogP contribution in [0.15, 0.2) is 18.2 Å². The van der Waals surface area contributed by atoms with Gasteiger partial charge in [-0.15, -0.1) is 0 Å².